The first-order valence-corrected chi connectivity index (χ1v) is 6.50. The minimum absolute atomic E-state index is 0.00913. The van der Waals surface area contributed by atoms with E-state index in [1.807, 2.05) is 31.2 Å². The predicted octanol–water partition coefficient (Wildman–Crippen LogP) is 2.58. The van der Waals surface area contributed by atoms with Gasteiger partial charge in [-0.1, -0.05) is 43.7 Å². The van der Waals surface area contributed by atoms with Gasteiger partial charge in [0, 0.05) is 13.0 Å². The first-order chi connectivity index (χ1) is 8.49. The van der Waals surface area contributed by atoms with E-state index in [0.29, 0.717) is 25.3 Å². The van der Waals surface area contributed by atoms with Crippen LogP contribution >= 0.6 is 0 Å². The third-order valence-corrected chi connectivity index (χ3v) is 2.81. The maximum atomic E-state index is 11.5. The fourth-order valence-corrected chi connectivity index (χ4v) is 1.63. The molecule has 0 saturated heterocycles. The number of carbonyl (C=O) groups excluding carboxylic acids is 1. The Kier molecular flexibility index (Phi) is 5.86. The summed E-state index contributed by atoms with van der Waals surface area (Å²) in [6, 6.07) is 7.76. The molecule has 0 radical (unpaired) electrons. The molecular formula is C15H23NO2. The standard InChI is InChI=1S/C15H23NO2/c1-11(2)10-16-15(18)9-8-14(17)13-6-4-12(3)5-7-13/h4-7,11,14,17H,8-10H2,1-3H3,(H,16,18). The third-order valence-electron chi connectivity index (χ3n) is 2.81. The van der Waals surface area contributed by atoms with Gasteiger partial charge in [-0.15, -0.1) is 0 Å². The van der Waals surface area contributed by atoms with Crippen LogP contribution in [0.5, 0.6) is 0 Å². The SMILES string of the molecule is Cc1ccc(C(O)CCC(=O)NCC(C)C)cc1. The van der Waals surface area contributed by atoms with Gasteiger partial charge in [0.2, 0.25) is 5.91 Å². The third kappa shape index (κ3) is 5.32. The molecule has 0 aromatic heterocycles. The average Bonchev–Trinajstić information content (AvgIpc) is 2.34. The maximum Gasteiger partial charge on any atom is 0.220 e. The highest BCUT2D eigenvalue weighted by molar-refractivity contribution is 5.75. The second-order valence-electron chi connectivity index (χ2n) is 5.16. The smallest absolute Gasteiger partial charge is 0.220 e. The Bertz CT molecular complexity index is 371. The molecule has 0 heterocycles. The van der Waals surface area contributed by atoms with E-state index in [-0.39, 0.29) is 5.91 Å². The predicted molar refractivity (Wildman–Crippen MR) is 73.2 cm³/mol. The molecule has 0 aliphatic carbocycles. The molecule has 0 fully saturated rings. The quantitative estimate of drug-likeness (QED) is 0.814. The summed E-state index contributed by atoms with van der Waals surface area (Å²) < 4.78 is 0. The zero-order valence-corrected chi connectivity index (χ0v) is 11.4. The van der Waals surface area contributed by atoms with E-state index >= 15 is 0 Å². The minimum atomic E-state index is -0.560. The molecule has 1 amide bonds. The van der Waals surface area contributed by atoms with Crippen LogP contribution in [-0.4, -0.2) is 17.6 Å². The number of aliphatic hydroxyl groups is 1. The van der Waals surface area contributed by atoms with Crippen LogP contribution in [0.25, 0.3) is 0 Å². The summed E-state index contributed by atoms with van der Waals surface area (Å²) in [6.07, 6.45) is 0.268. The number of aryl methyl sites for hydroxylation is 1. The lowest BCUT2D eigenvalue weighted by Crippen LogP contribution is -2.27. The molecule has 1 aromatic rings. The van der Waals surface area contributed by atoms with Crippen molar-refractivity contribution < 1.29 is 9.90 Å². The number of hydrogen-bond donors (Lipinski definition) is 2. The maximum absolute atomic E-state index is 11.5. The minimum Gasteiger partial charge on any atom is -0.388 e. The van der Waals surface area contributed by atoms with E-state index in [1.165, 1.54) is 5.56 Å². The van der Waals surface area contributed by atoms with Gasteiger partial charge in [0.1, 0.15) is 0 Å². The lowest BCUT2D eigenvalue weighted by atomic mass is 10.0. The first kappa shape index (κ1) is 14.7. The molecule has 18 heavy (non-hydrogen) atoms. The van der Waals surface area contributed by atoms with Gasteiger partial charge < -0.3 is 10.4 Å². The molecule has 0 aliphatic heterocycles. The molecule has 1 atom stereocenters. The summed E-state index contributed by atoms with van der Waals surface area (Å²) in [7, 11) is 0. The van der Waals surface area contributed by atoms with Gasteiger partial charge in [-0.25, -0.2) is 0 Å². The summed E-state index contributed by atoms with van der Waals surface area (Å²) in [4.78, 5) is 11.5. The molecule has 3 heteroatoms. The number of benzene rings is 1. The fourth-order valence-electron chi connectivity index (χ4n) is 1.63. The Hall–Kier alpha value is -1.35. The van der Waals surface area contributed by atoms with Gasteiger partial charge >= 0.3 is 0 Å². The largest absolute Gasteiger partial charge is 0.388 e. The van der Waals surface area contributed by atoms with Crippen LogP contribution in [0.15, 0.2) is 24.3 Å². The summed E-state index contributed by atoms with van der Waals surface area (Å²) >= 11 is 0. The summed E-state index contributed by atoms with van der Waals surface area (Å²) in [5, 5.41) is 12.8. The molecule has 2 N–H and O–H groups in total. The van der Waals surface area contributed by atoms with Gasteiger partial charge in [0.05, 0.1) is 6.10 Å². The highest BCUT2D eigenvalue weighted by Gasteiger charge is 2.10. The Labute approximate surface area is 109 Å². The van der Waals surface area contributed by atoms with Crippen LogP contribution in [-0.2, 0) is 4.79 Å². The fraction of sp³-hybridized carbons (Fsp3) is 0.533. The van der Waals surface area contributed by atoms with Crippen molar-refractivity contribution in [3.05, 3.63) is 35.4 Å². The van der Waals surface area contributed by atoms with Crippen molar-refractivity contribution in [1.29, 1.82) is 0 Å². The van der Waals surface area contributed by atoms with Crippen molar-refractivity contribution in [2.24, 2.45) is 5.92 Å². The van der Waals surface area contributed by atoms with Crippen LogP contribution < -0.4 is 5.32 Å². The van der Waals surface area contributed by atoms with Crippen LogP contribution in [0, 0.1) is 12.8 Å². The molecule has 3 nitrogen and oxygen atoms in total. The van der Waals surface area contributed by atoms with Gasteiger partial charge in [0.15, 0.2) is 0 Å². The van der Waals surface area contributed by atoms with Crippen molar-refractivity contribution in [3.8, 4) is 0 Å². The number of aliphatic hydroxyl groups excluding tert-OH is 1. The number of carbonyl (C=O) groups is 1. The molecule has 100 valence electrons. The monoisotopic (exact) mass is 249 g/mol. The van der Waals surface area contributed by atoms with Crippen LogP contribution in [0.4, 0.5) is 0 Å². The molecule has 0 saturated carbocycles. The molecular weight excluding hydrogens is 226 g/mol. The number of nitrogens with one attached hydrogen (secondary N) is 1. The topological polar surface area (TPSA) is 49.3 Å². The van der Waals surface area contributed by atoms with Crippen molar-refractivity contribution >= 4 is 5.91 Å². The van der Waals surface area contributed by atoms with Crippen LogP contribution in [0.1, 0.15) is 43.9 Å². The highest BCUT2D eigenvalue weighted by atomic mass is 16.3. The van der Waals surface area contributed by atoms with Crippen molar-refractivity contribution in [1.82, 2.24) is 5.32 Å². The van der Waals surface area contributed by atoms with Gasteiger partial charge in [-0.05, 0) is 24.8 Å². The molecule has 0 aliphatic rings. The Balaban J connectivity index is 2.34. The number of rotatable bonds is 6. The normalized spacial score (nSPS) is 12.5. The summed E-state index contributed by atoms with van der Waals surface area (Å²) in [5.74, 6) is 0.464. The number of hydrogen-bond acceptors (Lipinski definition) is 2. The van der Waals surface area contributed by atoms with Crippen LogP contribution in [0.2, 0.25) is 0 Å². The average molecular weight is 249 g/mol. The van der Waals surface area contributed by atoms with E-state index in [1.54, 1.807) is 0 Å². The molecule has 1 unspecified atom stereocenters. The second kappa shape index (κ2) is 7.17. The Morgan fingerprint density at radius 2 is 1.89 bits per heavy atom. The van der Waals surface area contributed by atoms with E-state index < -0.39 is 6.10 Å². The van der Waals surface area contributed by atoms with E-state index in [4.69, 9.17) is 0 Å². The Morgan fingerprint density at radius 3 is 2.44 bits per heavy atom. The summed E-state index contributed by atoms with van der Waals surface area (Å²) in [6.45, 7) is 6.82. The van der Waals surface area contributed by atoms with Gasteiger partial charge in [-0.2, -0.15) is 0 Å². The molecule has 0 spiro atoms. The zero-order chi connectivity index (χ0) is 13.5. The van der Waals surface area contributed by atoms with Crippen molar-refractivity contribution in [2.45, 2.75) is 39.7 Å². The second-order valence-corrected chi connectivity index (χ2v) is 5.16. The Morgan fingerprint density at radius 1 is 1.28 bits per heavy atom. The van der Waals surface area contributed by atoms with E-state index in [9.17, 15) is 9.90 Å². The zero-order valence-electron chi connectivity index (χ0n) is 11.4. The van der Waals surface area contributed by atoms with Crippen molar-refractivity contribution in [3.63, 3.8) is 0 Å². The summed E-state index contributed by atoms with van der Waals surface area (Å²) in [5.41, 5.74) is 2.04. The number of amides is 1. The van der Waals surface area contributed by atoms with E-state index in [0.717, 1.165) is 5.56 Å². The molecule has 0 bridgehead atoms. The first-order valence-electron chi connectivity index (χ1n) is 6.50. The molecule has 1 rings (SSSR count). The van der Waals surface area contributed by atoms with Gasteiger partial charge in [0.25, 0.3) is 0 Å². The lowest BCUT2D eigenvalue weighted by Gasteiger charge is -2.12. The van der Waals surface area contributed by atoms with Crippen LogP contribution in [0.3, 0.4) is 0 Å². The lowest BCUT2D eigenvalue weighted by molar-refractivity contribution is -0.121. The van der Waals surface area contributed by atoms with Crippen molar-refractivity contribution in [2.75, 3.05) is 6.54 Å². The highest BCUT2D eigenvalue weighted by Crippen LogP contribution is 2.18. The van der Waals surface area contributed by atoms with Gasteiger partial charge in [-0.3, -0.25) is 4.79 Å². The van der Waals surface area contributed by atoms with E-state index in [2.05, 4.69) is 19.2 Å². The molecule has 1 aromatic carbocycles.